The van der Waals surface area contributed by atoms with Gasteiger partial charge in [0, 0.05) is 25.3 Å². The summed E-state index contributed by atoms with van der Waals surface area (Å²) in [6, 6.07) is 5.05. The van der Waals surface area contributed by atoms with E-state index in [2.05, 4.69) is 0 Å². The third-order valence-electron chi connectivity index (χ3n) is 3.74. The van der Waals surface area contributed by atoms with Crippen LogP contribution in [-0.4, -0.2) is 32.7 Å². The lowest BCUT2D eigenvalue weighted by molar-refractivity contribution is -0.143. The van der Waals surface area contributed by atoms with E-state index in [0.717, 1.165) is 28.6 Å². The molecule has 0 heterocycles. The Labute approximate surface area is 162 Å². The molecule has 0 spiro atoms. The molecule has 0 radical (unpaired) electrons. The third-order valence-corrected chi connectivity index (χ3v) is 5.57. The van der Waals surface area contributed by atoms with Crippen molar-refractivity contribution in [1.29, 1.82) is 0 Å². The van der Waals surface area contributed by atoms with Crippen LogP contribution in [0.4, 0.5) is 32.0 Å². The Balaban J connectivity index is 2.35. The maximum atomic E-state index is 12.9. The van der Waals surface area contributed by atoms with Crippen LogP contribution in [0, 0.1) is 0 Å². The molecular formula is C17H14F6N2O3S. The molecule has 2 aromatic rings. The summed E-state index contributed by atoms with van der Waals surface area (Å²) in [7, 11) is -1.18. The smallest absolute Gasteiger partial charge is 0.322 e. The summed E-state index contributed by atoms with van der Waals surface area (Å²) in [6.07, 6.45) is -10.1. The van der Waals surface area contributed by atoms with E-state index in [1.165, 1.54) is 14.1 Å². The average Bonchev–Trinajstić information content (AvgIpc) is 2.60. The largest absolute Gasteiger partial charge is 0.416 e. The molecule has 0 aliphatic carbocycles. The molecule has 158 valence electrons. The number of halogens is 6. The molecule has 1 N–H and O–H groups in total. The molecule has 0 unspecified atom stereocenters. The topological polar surface area (TPSA) is 66.5 Å². The maximum absolute atomic E-state index is 12.9. The van der Waals surface area contributed by atoms with E-state index in [1.807, 2.05) is 5.32 Å². The summed E-state index contributed by atoms with van der Waals surface area (Å²) in [5, 5.41) is 1.97. The summed E-state index contributed by atoms with van der Waals surface area (Å²) in [5.74, 6) is -1.01. The summed E-state index contributed by atoms with van der Waals surface area (Å²) in [4.78, 5) is 12.1. The van der Waals surface area contributed by atoms with Crippen LogP contribution in [0.3, 0.4) is 0 Å². The first-order valence-electron chi connectivity index (χ1n) is 7.76. The molecule has 2 rings (SSSR count). The number of carbonyl (C=O) groups is 1. The normalized spacial score (nSPS) is 12.9. The molecule has 2 aromatic carbocycles. The van der Waals surface area contributed by atoms with E-state index >= 15 is 0 Å². The van der Waals surface area contributed by atoms with Crippen LogP contribution >= 0.6 is 0 Å². The first-order chi connectivity index (χ1) is 13.1. The first-order valence-corrected chi connectivity index (χ1v) is 9.20. The van der Waals surface area contributed by atoms with Crippen LogP contribution in [0.5, 0.6) is 0 Å². The fraction of sp³-hybridized carbons (Fsp3) is 0.235. The number of benzene rings is 2. The number of alkyl halides is 6. The van der Waals surface area contributed by atoms with Gasteiger partial charge in [-0.25, -0.2) is 12.7 Å². The van der Waals surface area contributed by atoms with Gasteiger partial charge < -0.3 is 5.32 Å². The monoisotopic (exact) mass is 440 g/mol. The Morgan fingerprint density at radius 2 is 1.31 bits per heavy atom. The molecule has 0 aliphatic heterocycles. The lowest BCUT2D eigenvalue weighted by atomic mass is 10.1. The minimum Gasteiger partial charge on any atom is -0.322 e. The van der Waals surface area contributed by atoms with E-state index in [9.17, 15) is 39.6 Å². The highest BCUT2D eigenvalue weighted by atomic mass is 32.2. The predicted molar refractivity (Wildman–Crippen MR) is 91.7 cm³/mol. The molecule has 0 aliphatic rings. The van der Waals surface area contributed by atoms with Crippen molar-refractivity contribution in [3.05, 3.63) is 59.2 Å². The van der Waals surface area contributed by atoms with Crippen LogP contribution in [0.15, 0.2) is 47.4 Å². The van der Waals surface area contributed by atoms with Gasteiger partial charge in [-0.2, -0.15) is 26.3 Å². The van der Waals surface area contributed by atoms with Crippen molar-refractivity contribution < 1.29 is 39.6 Å². The number of rotatable bonds is 4. The van der Waals surface area contributed by atoms with E-state index in [4.69, 9.17) is 0 Å². The van der Waals surface area contributed by atoms with Gasteiger partial charge in [0.15, 0.2) is 0 Å². The van der Waals surface area contributed by atoms with Gasteiger partial charge in [-0.05, 0) is 42.5 Å². The Morgan fingerprint density at radius 1 is 0.862 bits per heavy atom. The molecular weight excluding hydrogens is 426 g/mol. The highest BCUT2D eigenvalue weighted by Crippen LogP contribution is 2.37. The van der Waals surface area contributed by atoms with Gasteiger partial charge in [-0.1, -0.05) is 0 Å². The lowest BCUT2D eigenvalue weighted by Crippen LogP contribution is -2.22. The van der Waals surface area contributed by atoms with Gasteiger partial charge in [-0.3, -0.25) is 4.79 Å². The van der Waals surface area contributed by atoms with Crippen LogP contribution < -0.4 is 5.32 Å². The van der Waals surface area contributed by atoms with E-state index in [-0.39, 0.29) is 16.5 Å². The average molecular weight is 440 g/mol. The molecule has 0 aromatic heterocycles. The van der Waals surface area contributed by atoms with E-state index < -0.39 is 45.1 Å². The number of nitrogens with zero attached hydrogens (tertiary/aromatic N) is 1. The van der Waals surface area contributed by atoms with Crippen LogP contribution in [0.25, 0.3) is 0 Å². The van der Waals surface area contributed by atoms with Crippen molar-refractivity contribution in [1.82, 2.24) is 4.31 Å². The van der Waals surface area contributed by atoms with Gasteiger partial charge in [0.05, 0.1) is 16.0 Å². The SMILES string of the molecule is CN(C)S(=O)(=O)c1ccc(C(=O)Nc2cc(C(F)(F)F)cc(C(F)(F)F)c2)cc1. The zero-order chi connectivity index (χ0) is 22.2. The van der Waals surface area contributed by atoms with Crippen molar-refractivity contribution in [2.45, 2.75) is 17.2 Å². The van der Waals surface area contributed by atoms with Crippen molar-refractivity contribution in [3.63, 3.8) is 0 Å². The molecule has 29 heavy (non-hydrogen) atoms. The van der Waals surface area contributed by atoms with Crippen molar-refractivity contribution in [2.75, 3.05) is 19.4 Å². The molecule has 0 saturated carbocycles. The van der Waals surface area contributed by atoms with Crippen LogP contribution in [0.2, 0.25) is 0 Å². The molecule has 0 bridgehead atoms. The number of hydrogen-bond donors (Lipinski definition) is 1. The fourth-order valence-corrected chi connectivity index (χ4v) is 3.12. The molecule has 12 heteroatoms. The molecule has 1 amide bonds. The Morgan fingerprint density at radius 3 is 1.69 bits per heavy atom. The van der Waals surface area contributed by atoms with Crippen LogP contribution in [0.1, 0.15) is 21.5 Å². The molecule has 0 fully saturated rings. The second kappa shape index (κ2) is 7.67. The minimum atomic E-state index is -5.05. The van der Waals surface area contributed by atoms with Gasteiger partial charge in [0.25, 0.3) is 5.91 Å². The van der Waals surface area contributed by atoms with Gasteiger partial charge in [-0.15, -0.1) is 0 Å². The summed E-state index contributed by atoms with van der Waals surface area (Å²) in [6.45, 7) is 0. The van der Waals surface area contributed by atoms with E-state index in [1.54, 1.807) is 0 Å². The maximum Gasteiger partial charge on any atom is 0.416 e. The highest BCUT2D eigenvalue weighted by Gasteiger charge is 2.37. The molecule has 5 nitrogen and oxygen atoms in total. The Bertz CT molecular complexity index is 981. The third kappa shape index (κ3) is 5.26. The highest BCUT2D eigenvalue weighted by molar-refractivity contribution is 7.89. The summed E-state index contributed by atoms with van der Waals surface area (Å²) >= 11 is 0. The standard InChI is InChI=1S/C17H14F6N2O3S/c1-25(2)29(27,28)14-5-3-10(4-6-14)15(26)24-13-8-11(16(18,19)20)7-12(9-13)17(21,22)23/h3-9H,1-2H3,(H,24,26). The Kier molecular flexibility index (Phi) is 6.00. The quantitative estimate of drug-likeness (QED) is 0.724. The first kappa shape index (κ1) is 22.7. The second-order valence-electron chi connectivity index (χ2n) is 6.06. The van der Waals surface area contributed by atoms with E-state index in [0.29, 0.717) is 12.1 Å². The Hall–Kier alpha value is -2.60. The molecule has 0 atom stereocenters. The zero-order valence-electron chi connectivity index (χ0n) is 14.9. The van der Waals surface area contributed by atoms with Crippen molar-refractivity contribution in [3.8, 4) is 0 Å². The summed E-state index contributed by atoms with van der Waals surface area (Å²) < 4.78 is 102. The zero-order valence-corrected chi connectivity index (χ0v) is 15.7. The van der Waals surface area contributed by atoms with Gasteiger partial charge >= 0.3 is 12.4 Å². The summed E-state index contributed by atoms with van der Waals surface area (Å²) in [5.41, 5.74) is -4.01. The number of carbonyl (C=O) groups excluding carboxylic acids is 1. The lowest BCUT2D eigenvalue weighted by Gasteiger charge is -2.15. The second-order valence-corrected chi connectivity index (χ2v) is 8.21. The predicted octanol–water partition coefficient (Wildman–Crippen LogP) is 4.23. The number of hydrogen-bond acceptors (Lipinski definition) is 3. The fourth-order valence-electron chi connectivity index (χ4n) is 2.22. The number of amides is 1. The van der Waals surface area contributed by atoms with Gasteiger partial charge in [0.2, 0.25) is 10.0 Å². The minimum absolute atomic E-state index is 0.0590. The van der Waals surface area contributed by atoms with Gasteiger partial charge in [0.1, 0.15) is 0 Å². The molecule has 0 saturated heterocycles. The number of nitrogens with one attached hydrogen (secondary N) is 1. The number of sulfonamides is 1. The van der Waals surface area contributed by atoms with Crippen molar-refractivity contribution >= 4 is 21.6 Å². The number of anilines is 1. The van der Waals surface area contributed by atoms with Crippen LogP contribution in [-0.2, 0) is 22.4 Å². The van der Waals surface area contributed by atoms with Crippen molar-refractivity contribution in [2.24, 2.45) is 0 Å².